The van der Waals surface area contributed by atoms with E-state index in [4.69, 9.17) is 9.84 Å². The van der Waals surface area contributed by atoms with Crippen molar-refractivity contribution in [3.05, 3.63) is 26.9 Å². The standard InChI is InChI=1S/C11H12Br2N2O3/c12-7-3-8(13)9(14-4-7)5-15-1-2-18-6-10(15)11(16)17/h3-4,10H,1-2,5-6H2,(H,16,17). The molecule has 0 radical (unpaired) electrons. The highest BCUT2D eigenvalue weighted by Gasteiger charge is 2.29. The molecular weight excluding hydrogens is 368 g/mol. The highest BCUT2D eigenvalue weighted by Crippen LogP contribution is 2.22. The van der Waals surface area contributed by atoms with Crippen LogP contribution in [0.3, 0.4) is 0 Å². The van der Waals surface area contributed by atoms with Gasteiger partial charge in [-0.05, 0) is 37.9 Å². The number of hydrogen-bond donors (Lipinski definition) is 1. The molecule has 7 heteroatoms. The molecule has 0 amide bonds. The summed E-state index contributed by atoms with van der Waals surface area (Å²) in [5, 5.41) is 9.14. The van der Waals surface area contributed by atoms with Crippen LogP contribution in [-0.2, 0) is 16.1 Å². The van der Waals surface area contributed by atoms with Crippen LogP contribution in [0.1, 0.15) is 5.69 Å². The zero-order chi connectivity index (χ0) is 13.1. The van der Waals surface area contributed by atoms with Crippen molar-refractivity contribution in [3.63, 3.8) is 0 Å². The van der Waals surface area contributed by atoms with Gasteiger partial charge in [0.2, 0.25) is 0 Å². The quantitative estimate of drug-likeness (QED) is 0.868. The van der Waals surface area contributed by atoms with E-state index in [1.54, 1.807) is 6.20 Å². The average Bonchev–Trinajstić information content (AvgIpc) is 2.33. The van der Waals surface area contributed by atoms with E-state index in [0.717, 1.165) is 14.6 Å². The predicted molar refractivity (Wildman–Crippen MR) is 72.3 cm³/mol. The molecule has 2 heterocycles. The summed E-state index contributed by atoms with van der Waals surface area (Å²) in [6, 6.07) is 1.30. The highest BCUT2D eigenvalue weighted by molar-refractivity contribution is 9.11. The van der Waals surface area contributed by atoms with Gasteiger partial charge in [-0.3, -0.25) is 14.7 Å². The van der Waals surface area contributed by atoms with Gasteiger partial charge in [-0.15, -0.1) is 0 Å². The number of ether oxygens (including phenoxy) is 1. The normalized spacial score (nSPS) is 20.9. The lowest BCUT2D eigenvalue weighted by atomic mass is 10.2. The Labute approximate surface area is 121 Å². The van der Waals surface area contributed by atoms with E-state index in [1.807, 2.05) is 11.0 Å². The number of carboxylic acids is 1. The number of morpholine rings is 1. The molecule has 0 bridgehead atoms. The summed E-state index contributed by atoms with van der Waals surface area (Å²) < 4.78 is 6.95. The van der Waals surface area contributed by atoms with E-state index < -0.39 is 12.0 Å². The first-order valence-corrected chi connectivity index (χ1v) is 7.01. The summed E-state index contributed by atoms with van der Waals surface area (Å²) in [5.41, 5.74) is 0.825. The largest absolute Gasteiger partial charge is 0.480 e. The van der Waals surface area contributed by atoms with E-state index in [0.29, 0.717) is 19.7 Å². The summed E-state index contributed by atoms with van der Waals surface area (Å²) >= 11 is 6.77. The van der Waals surface area contributed by atoms with Gasteiger partial charge in [0, 0.05) is 28.2 Å². The van der Waals surface area contributed by atoms with Gasteiger partial charge in [0.25, 0.3) is 0 Å². The molecule has 1 aromatic rings. The molecule has 1 fully saturated rings. The lowest BCUT2D eigenvalue weighted by molar-refractivity contribution is -0.150. The van der Waals surface area contributed by atoms with Gasteiger partial charge in [0.05, 0.1) is 18.9 Å². The Morgan fingerprint density at radius 3 is 3.06 bits per heavy atom. The van der Waals surface area contributed by atoms with Crippen LogP contribution in [0.25, 0.3) is 0 Å². The SMILES string of the molecule is O=C(O)C1COCCN1Cc1ncc(Br)cc1Br. The highest BCUT2D eigenvalue weighted by atomic mass is 79.9. The molecule has 1 atom stereocenters. The van der Waals surface area contributed by atoms with Crippen molar-refractivity contribution >= 4 is 37.8 Å². The van der Waals surface area contributed by atoms with Crippen LogP contribution in [0.5, 0.6) is 0 Å². The maximum atomic E-state index is 11.1. The molecule has 1 aromatic heterocycles. The molecular formula is C11H12Br2N2O3. The van der Waals surface area contributed by atoms with Crippen molar-refractivity contribution in [1.29, 1.82) is 0 Å². The van der Waals surface area contributed by atoms with Gasteiger partial charge in [-0.25, -0.2) is 0 Å². The molecule has 0 spiro atoms. The summed E-state index contributed by atoms with van der Waals surface area (Å²) in [7, 11) is 0. The summed E-state index contributed by atoms with van der Waals surface area (Å²) in [4.78, 5) is 17.3. The first-order chi connectivity index (χ1) is 8.58. The first kappa shape index (κ1) is 13.9. The maximum absolute atomic E-state index is 11.1. The molecule has 0 aliphatic carbocycles. The van der Waals surface area contributed by atoms with E-state index in [2.05, 4.69) is 36.8 Å². The molecule has 5 nitrogen and oxygen atoms in total. The third-order valence-electron chi connectivity index (χ3n) is 2.76. The van der Waals surface area contributed by atoms with Gasteiger partial charge < -0.3 is 9.84 Å². The molecule has 1 unspecified atom stereocenters. The minimum atomic E-state index is -0.858. The smallest absolute Gasteiger partial charge is 0.323 e. The third kappa shape index (κ3) is 3.28. The Morgan fingerprint density at radius 1 is 1.61 bits per heavy atom. The van der Waals surface area contributed by atoms with Crippen LogP contribution in [-0.4, -0.2) is 46.8 Å². The van der Waals surface area contributed by atoms with Crippen LogP contribution in [0.4, 0.5) is 0 Å². The van der Waals surface area contributed by atoms with E-state index in [1.165, 1.54) is 0 Å². The Balaban J connectivity index is 2.13. The minimum absolute atomic E-state index is 0.226. The van der Waals surface area contributed by atoms with Crippen molar-refractivity contribution in [2.45, 2.75) is 12.6 Å². The van der Waals surface area contributed by atoms with Crippen LogP contribution in [0, 0.1) is 0 Å². The van der Waals surface area contributed by atoms with Crippen LogP contribution >= 0.6 is 31.9 Å². The lowest BCUT2D eigenvalue weighted by Crippen LogP contribution is -2.49. The van der Waals surface area contributed by atoms with Gasteiger partial charge in [0.15, 0.2) is 0 Å². The number of aromatic nitrogens is 1. The zero-order valence-electron chi connectivity index (χ0n) is 9.47. The fraction of sp³-hybridized carbons (Fsp3) is 0.455. The fourth-order valence-electron chi connectivity index (χ4n) is 1.81. The van der Waals surface area contributed by atoms with Crippen molar-refractivity contribution in [3.8, 4) is 0 Å². The number of nitrogens with zero attached hydrogens (tertiary/aromatic N) is 2. The minimum Gasteiger partial charge on any atom is -0.480 e. The molecule has 1 aliphatic heterocycles. The zero-order valence-corrected chi connectivity index (χ0v) is 12.6. The lowest BCUT2D eigenvalue weighted by Gasteiger charge is -2.32. The number of pyridine rings is 1. The van der Waals surface area contributed by atoms with Crippen molar-refractivity contribution in [2.24, 2.45) is 0 Å². The first-order valence-electron chi connectivity index (χ1n) is 5.42. The molecule has 1 N–H and O–H groups in total. The van der Waals surface area contributed by atoms with Crippen LogP contribution in [0.2, 0.25) is 0 Å². The number of aliphatic carboxylic acids is 1. The van der Waals surface area contributed by atoms with E-state index >= 15 is 0 Å². The van der Waals surface area contributed by atoms with Crippen LogP contribution < -0.4 is 0 Å². The molecule has 0 saturated carbocycles. The van der Waals surface area contributed by atoms with Crippen molar-refractivity contribution in [2.75, 3.05) is 19.8 Å². The number of hydrogen-bond acceptors (Lipinski definition) is 4. The second-order valence-electron chi connectivity index (χ2n) is 3.98. The second-order valence-corrected chi connectivity index (χ2v) is 5.75. The molecule has 18 heavy (non-hydrogen) atoms. The Morgan fingerprint density at radius 2 is 2.39 bits per heavy atom. The third-order valence-corrected chi connectivity index (χ3v) is 3.88. The summed E-state index contributed by atoms with van der Waals surface area (Å²) in [5.74, 6) is -0.858. The topological polar surface area (TPSA) is 62.7 Å². The van der Waals surface area contributed by atoms with Gasteiger partial charge in [-0.2, -0.15) is 0 Å². The number of halogens is 2. The maximum Gasteiger partial charge on any atom is 0.323 e. The van der Waals surface area contributed by atoms with Crippen molar-refractivity contribution < 1.29 is 14.6 Å². The van der Waals surface area contributed by atoms with Gasteiger partial charge in [0.1, 0.15) is 6.04 Å². The molecule has 2 rings (SSSR count). The molecule has 98 valence electrons. The number of carbonyl (C=O) groups is 1. The molecule has 1 aliphatic rings. The Bertz CT molecular complexity index is 456. The average molecular weight is 380 g/mol. The van der Waals surface area contributed by atoms with E-state index in [-0.39, 0.29) is 6.61 Å². The molecule has 1 saturated heterocycles. The molecule has 0 aromatic carbocycles. The van der Waals surface area contributed by atoms with E-state index in [9.17, 15) is 4.79 Å². The second kappa shape index (κ2) is 6.10. The van der Waals surface area contributed by atoms with Crippen molar-refractivity contribution in [1.82, 2.24) is 9.88 Å². The summed E-state index contributed by atoms with van der Waals surface area (Å²) in [6.07, 6.45) is 1.70. The Kier molecular flexibility index (Phi) is 4.71. The fourth-order valence-corrected chi connectivity index (χ4v) is 2.92. The predicted octanol–water partition coefficient (Wildman–Crippen LogP) is 1.89. The monoisotopic (exact) mass is 378 g/mol. The summed E-state index contributed by atoms with van der Waals surface area (Å²) in [6.45, 7) is 1.87. The van der Waals surface area contributed by atoms with Gasteiger partial charge >= 0.3 is 5.97 Å². The Hall–Kier alpha value is -0.500. The number of carboxylic acid groups (broad SMARTS) is 1. The van der Waals surface area contributed by atoms with Gasteiger partial charge in [-0.1, -0.05) is 0 Å². The van der Waals surface area contributed by atoms with Crippen LogP contribution in [0.15, 0.2) is 21.2 Å². The number of rotatable bonds is 3.